The fourth-order valence-electron chi connectivity index (χ4n) is 4.61. The van der Waals surface area contributed by atoms with Gasteiger partial charge in [0.1, 0.15) is 6.04 Å². The van der Waals surface area contributed by atoms with Crippen LogP contribution in [0.5, 0.6) is 0 Å². The molecule has 2 N–H and O–H groups in total. The number of carbonyl (C=O) groups is 1. The zero-order chi connectivity index (χ0) is 25.2. The lowest BCUT2D eigenvalue weighted by atomic mass is 10.00. The normalized spacial score (nSPS) is 17.2. The molecule has 0 spiro atoms. The van der Waals surface area contributed by atoms with E-state index in [1.54, 1.807) is 6.20 Å². The second-order valence-corrected chi connectivity index (χ2v) is 9.50. The molecule has 1 aliphatic heterocycles. The van der Waals surface area contributed by atoms with Crippen LogP contribution in [0.1, 0.15) is 42.4 Å². The van der Waals surface area contributed by atoms with Crippen LogP contribution in [0.2, 0.25) is 5.02 Å². The van der Waals surface area contributed by atoms with Gasteiger partial charge in [0, 0.05) is 46.6 Å². The van der Waals surface area contributed by atoms with Gasteiger partial charge in [-0.05, 0) is 85.4 Å². The van der Waals surface area contributed by atoms with Crippen LogP contribution in [0.15, 0.2) is 85.2 Å². The number of nitrogens with zero attached hydrogens (tertiary/aromatic N) is 3. The van der Waals surface area contributed by atoms with Crippen molar-refractivity contribution >= 4 is 46.2 Å². The summed E-state index contributed by atoms with van der Waals surface area (Å²) >= 11 is 12.2. The Morgan fingerprint density at radius 3 is 2.67 bits per heavy atom. The molecule has 6 nitrogen and oxygen atoms in total. The highest BCUT2D eigenvalue weighted by Gasteiger charge is 2.42. The van der Waals surface area contributed by atoms with Gasteiger partial charge in [-0.2, -0.15) is 0 Å². The standard InChI is InChI=1S/C28H26ClN5OS/c1-3-25(35)31-22-13-12-21(16-18(22)2)34-27(26(32-28(34)36)23-10-4-5-14-30-23)24-11-7-15-33(24)20-9-6-8-19(29)17-20/h4-17,26-27H,3H2,1-2H3,(H,31,35)(H,32,36)/t26-,27+/m1/s1. The third-order valence-corrected chi connectivity index (χ3v) is 6.90. The zero-order valence-electron chi connectivity index (χ0n) is 20.0. The first kappa shape index (κ1) is 24.0. The predicted molar refractivity (Wildman–Crippen MR) is 149 cm³/mol. The van der Waals surface area contributed by atoms with Crippen molar-refractivity contribution < 1.29 is 4.79 Å². The summed E-state index contributed by atoms with van der Waals surface area (Å²) in [4.78, 5) is 18.7. The number of hydrogen-bond donors (Lipinski definition) is 2. The lowest BCUT2D eigenvalue weighted by molar-refractivity contribution is -0.115. The SMILES string of the molecule is CCC(=O)Nc1ccc(N2C(=S)N[C@H](c3ccccn3)[C@@H]2c2cccn2-c2cccc(Cl)c2)cc1C. The number of carbonyl (C=O) groups excluding carboxylic acids is 1. The predicted octanol–water partition coefficient (Wildman–Crippen LogP) is 6.36. The van der Waals surface area contributed by atoms with E-state index >= 15 is 0 Å². The molecular formula is C28H26ClN5OS. The lowest BCUT2D eigenvalue weighted by Crippen LogP contribution is -2.30. The van der Waals surface area contributed by atoms with Crippen LogP contribution in [-0.4, -0.2) is 20.6 Å². The van der Waals surface area contributed by atoms with E-state index in [2.05, 4.69) is 37.2 Å². The van der Waals surface area contributed by atoms with Crippen LogP contribution in [-0.2, 0) is 4.79 Å². The van der Waals surface area contributed by atoms with Gasteiger partial charge in [-0.15, -0.1) is 0 Å². The van der Waals surface area contributed by atoms with E-state index in [4.69, 9.17) is 23.8 Å². The molecule has 1 amide bonds. The Hall–Kier alpha value is -3.68. The number of aryl methyl sites for hydroxylation is 1. The van der Waals surface area contributed by atoms with Gasteiger partial charge in [0.25, 0.3) is 0 Å². The van der Waals surface area contributed by atoms with E-state index in [1.807, 2.05) is 80.7 Å². The van der Waals surface area contributed by atoms with Crippen molar-refractivity contribution in [2.45, 2.75) is 32.4 Å². The molecule has 0 radical (unpaired) electrons. The molecule has 4 aromatic rings. The van der Waals surface area contributed by atoms with Crippen molar-refractivity contribution in [1.82, 2.24) is 14.9 Å². The Morgan fingerprint density at radius 2 is 1.94 bits per heavy atom. The second kappa shape index (κ2) is 10.1. The third kappa shape index (κ3) is 4.59. The van der Waals surface area contributed by atoms with E-state index < -0.39 is 0 Å². The zero-order valence-corrected chi connectivity index (χ0v) is 21.6. The van der Waals surface area contributed by atoms with Gasteiger partial charge in [0.05, 0.1) is 11.7 Å². The summed E-state index contributed by atoms with van der Waals surface area (Å²) in [5, 5.41) is 7.76. The van der Waals surface area contributed by atoms with Crippen LogP contribution in [0.3, 0.4) is 0 Å². The molecule has 2 aromatic carbocycles. The Labute approximate surface area is 220 Å². The smallest absolute Gasteiger partial charge is 0.224 e. The van der Waals surface area contributed by atoms with Crippen LogP contribution in [0.25, 0.3) is 5.69 Å². The van der Waals surface area contributed by atoms with Crippen molar-refractivity contribution in [2.24, 2.45) is 0 Å². The molecule has 5 rings (SSSR count). The van der Waals surface area contributed by atoms with Crippen molar-refractivity contribution in [3.05, 3.63) is 107 Å². The first-order valence-electron chi connectivity index (χ1n) is 11.8. The van der Waals surface area contributed by atoms with Crippen molar-refractivity contribution in [2.75, 3.05) is 10.2 Å². The highest BCUT2D eigenvalue weighted by atomic mass is 35.5. The summed E-state index contributed by atoms with van der Waals surface area (Å²) in [6.07, 6.45) is 4.26. The molecular weight excluding hydrogens is 490 g/mol. The Bertz CT molecular complexity index is 1420. The quantitative estimate of drug-likeness (QED) is 0.292. The minimum absolute atomic E-state index is 0.0170. The Morgan fingerprint density at radius 1 is 1.08 bits per heavy atom. The Kier molecular flexibility index (Phi) is 6.76. The van der Waals surface area contributed by atoms with Gasteiger partial charge < -0.3 is 20.1 Å². The van der Waals surface area contributed by atoms with Crippen molar-refractivity contribution in [3.8, 4) is 5.69 Å². The van der Waals surface area contributed by atoms with Gasteiger partial charge in [-0.25, -0.2) is 0 Å². The number of halogens is 1. The number of anilines is 2. The highest BCUT2D eigenvalue weighted by molar-refractivity contribution is 7.80. The summed E-state index contributed by atoms with van der Waals surface area (Å²) < 4.78 is 2.14. The van der Waals surface area contributed by atoms with Crippen LogP contribution < -0.4 is 15.5 Å². The molecule has 0 saturated carbocycles. The number of thiocarbonyl (C=S) groups is 1. The number of rotatable bonds is 6. The molecule has 2 atom stereocenters. The highest BCUT2D eigenvalue weighted by Crippen LogP contribution is 2.43. The average molecular weight is 516 g/mol. The van der Waals surface area contributed by atoms with Gasteiger partial charge in [0.2, 0.25) is 5.91 Å². The largest absolute Gasteiger partial charge is 0.351 e. The van der Waals surface area contributed by atoms with Crippen LogP contribution >= 0.6 is 23.8 Å². The molecule has 36 heavy (non-hydrogen) atoms. The van der Waals surface area contributed by atoms with E-state index in [1.165, 1.54) is 0 Å². The molecule has 1 fully saturated rings. The minimum atomic E-state index is -0.183. The number of nitrogens with one attached hydrogen (secondary N) is 2. The van der Waals surface area contributed by atoms with Gasteiger partial charge in [-0.3, -0.25) is 9.78 Å². The number of amides is 1. The maximum Gasteiger partial charge on any atom is 0.224 e. The molecule has 3 heterocycles. The summed E-state index contributed by atoms with van der Waals surface area (Å²) in [5.74, 6) is -0.0170. The molecule has 1 aliphatic rings. The second-order valence-electron chi connectivity index (χ2n) is 8.68. The molecule has 0 bridgehead atoms. The summed E-state index contributed by atoms with van der Waals surface area (Å²) in [5.41, 5.74) is 5.60. The van der Waals surface area contributed by atoms with Gasteiger partial charge in [0.15, 0.2) is 5.11 Å². The molecule has 2 aromatic heterocycles. The number of benzene rings is 2. The average Bonchev–Trinajstić information content (AvgIpc) is 3.50. The molecule has 1 saturated heterocycles. The maximum atomic E-state index is 12.0. The summed E-state index contributed by atoms with van der Waals surface area (Å²) in [7, 11) is 0. The summed E-state index contributed by atoms with van der Waals surface area (Å²) in [6.45, 7) is 3.83. The third-order valence-electron chi connectivity index (χ3n) is 6.35. The van der Waals surface area contributed by atoms with Crippen LogP contribution in [0, 0.1) is 6.92 Å². The molecule has 0 aliphatic carbocycles. The van der Waals surface area contributed by atoms with E-state index in [-0.39, 0.29) is 18.0 Å². The van der Waals surface area contributed by atoms with Gasteiger partial charge >= 0.3 is 0 Å². The Balaban J connectivity index is 1.62. The molecule has 8 heteroatoms. The number of hydrogen-bond acceptors (Lipinski definition) is 3. The minimum Gasteiger partial charge on any atom is -0.351 e. The first-order chi connectivity index (χ1) is 17.5. The van der Waals surface area contributed by atoms with E-state index in [0.29, 0.717) is 16.6 Å². The lowest BCUT2D eigenvalue weighted by Gasteiger charge is -2.29. The van der Waals surface area contributed by atoms with Crippen LogP contribution in [0.4, 0.5) is 11.4 Å². The monoisotopic (exact) mass is 515 g/mol. The first-order valence-corrected chi connectivity index (χ1v) is 12.6. The van der Waals surface area contributed by atoms with E-state index in [9.17, 15) is 4.79 Å². The molecule has 0 unspecified atom stereocenters. The number of aromatic nitrogens is 2. The fourth-order valence-corrected chi connectivity index (χ4v) is 5.14. The van der Waals surface area contributed by atoms with Crippen molar-refractivity contribution in [1.29, 1.82) is 0 Å². The van der Waals surface area contributed by atoms with E-state index in [0.717, 1.165) is 34.0 Å². The molecule has 182 valence electrons. The van der Waals surface area contributed by atoms with Crippen molar-refractivity contribution in [3.63, 3.8) is 0 Å². The fraction of sp³-hybridized carbons (Fsp3) is 0.179. The number of pyridine rings is 1. The van der Waals surface area contributed by atoms with Gasteiger partial charge in [-0.1, -0.05) is 30.7 Å². The topological polar surface area (TPSA) is 62.2 Å². The summed E-state index contributed by atoms with van der Waals surface area (Å²) in [6, 6.07) is 23.4. The maximum absolute atomic E-state index is 12.0.